The SMILES string of the molecule is CNc1ccnc2c1nc(CN)n2C. The Bertz CT molecular complexity index is 459. The van der Waals surface area contributed by atoms with Gasteiger partial charge in [0.05, 0.1) is 12.2 Å². The molecule has 0 aromatic carbocycles. The number of anilines is 1. The van der Waals surface area contributed by atoms with Gasteiger partial charge in [0.15, 0.2) is 5.65 Å². The van der Waals surface area contributed by atoms with Gasteiger partial charge in [0.2, 0.25) is 0 Å². The number of fused-ring (bicyclic) bond motifs is 1. The second-order valence-corrected chi connectivity index (χ2v) is 3.07. The second kappa shape index (κ2) is 3.26. The number of aromatic nitrogens is 3. The van der Waals surface area contributed by atoms with E-state index in [1.165, 1.54) is 0 Å². The number of nitrogens with one attached hydrogen (secondary N) is 1. The standard InChI is InChI=1S/C9H13N5/c1-11-6-3-4-12-9-8(6)13-7(5-10)14(9)2/h3-4H,5,10H2,1-2H3,(H,11,12). The summed E-state index contributed by atoms with van der Waals surface area (Å²) in [5.74, 6) is 0.843. The largest absolute Gasteiger partial charge is 0.386 e. The Hall–Kier alpha value is -1.62. The highest BCUT2D eigenvalue weighted by molar-refractivity contribution is 5.85. The van der Waals surface area contributed by atoms with Gasteiger partial charge < -0.3 is 15.6 Å². The first-order valence-electron chi connectivity index (χ1n) is 4.46. The maximum atomic E-state index is 5.57. The van der Waals surface area contributed by atoms with Crippen molar-refractivity contribution in [2.75, 3.05) is 12.4 Å². The number of hydrogen-bond acceptors (Lipinski definition) is 4. The summed E-state index contributed by atoms with van der Waals surface area (Å²) in [6, 6.07) is 1.90. The Morgan fingerprint density at radius 1 is 1.57 bits per heavy atom. The number of rotatable bonds is 2. The van der Waals surface area contributed by atoms with Crippen molar-refractivity contribution >= 4 is 16.9 Å². The monoisotopic (exact) mass is 191 g/mol. The predicted octanol–water partition coefficient (Wildman–Crippen LogP) is 0.469. The summed E-state index contributed by atoms with van der Waals surface area (Å²) in [5, 5.41) is 3.08. The molecule has 0 spiro atoms. The Kier molecular flexibility index (Phi) is 2.09. The molecule has 0 amide bonds. The van der Waals surface area contributed by atoms with E-state index in [1.807, 2.05) is 24.7 Å². The third kappa shape index (κ3) is 1.13. The van der Waals surface area contributed by atoms with E-state index in [2.05, 4.69) is 15.3 Å². The topological polar surface area (TPSA) is 68.8 Å². The zero-order valence-electron chi connectivity index (χ0n) is 8.28. The average molecular weight is 191 g/mol. The molecule has 0 saturated heterocycles. The van der Waals surface area contributed by atoms with E-state index in [0.717, 1.165) is 22.7 Å². The molecule has 74 valence electrons. The second-order valence-electron chi connectivity index (χ2n) is 3.07. The molecule has 14 heavy (non-hydrogen) atoms. The van der Waals surface area contributed by atoms with Crippen LogP contribution in [0.3, 0.4) is 0 Å². The van der Waals surface area contributed by atoms with Gasteiger partial charge in [0, 0.05) is 20.3 Å². The number of nitrogens with two attached hydrogens (primary N) is 1. The molecule has 0 aliphatic rings. The lowest BCUT2D eigenvalue weighted by atomic mass is 10.3. The van der Waals surface area contributed by atoms with Gasteiger partial charge in [-0.2, -0.15) is 0 Å². The fraction of sp³-hybridized carbons (Fsp3) is 0.333. The first-order valence-corrected chi connectivity index (χ1v) is 4.46. The molecule has 2 aromatic heterocycles. The van der Waals surface area contributed by atoms with Crippen LogP contribution in [0.2, 0.25) is 0 Å². The Balaban J connectivity index is 2.77. The molecule has 0 saturated carbocycles. The number of aryl methyl sites for hydroxylation is 1. The molecule has 0 fully saturated rings. The van der Waals surface area contributed by atoms with Gasteiger partial charge in [-0.15, -0.1) is 0 Å². The lowest BCUT2D eigenvalue weighted by Gasteiger charge is -1.99. The molecule has 5 nitrogen and oxygen atoms in total. The molecule has 0 bridgehead atoms. The molecule has 2 heterocycles. The molecule has 3 N–H and O–H groups in total. The Morgan fingerprint density at radius 3 is 3.00 bits per heavy atom. The molecule has 0 aliphatic heterocycles. The lowest BCUT2D eigenvalue weighted by Crippen LogP contribution is -2.04. The number of hydrogen-bond donors (Lipinski definition) is 2. The molecule has 0 radical (unpaired) electrons. The van der Waals surface area contributed by atoms with E-state index in [4.69, 9.17) is 5.73 Å². The van der Waals surface area contributed by atoms with Gasteiger partial charge in [0.1, 0.15) is 11.3 Å². The van der Waals surface area contributed by atoms with Crippen molar-refractivity contribution in [1.29, 1.82) is 0 Å². The first kappa shape index (κ1) is 8.96. The molecule has 2 aromatic rings. The van der Waals surface area contributed by atoms with Crippen molar-refractivity contribution in [3.8, 4) is 0 Å². The van der Waals surface area contributed by atoms with Gasteiger partial charge >= 0.3 is 0 Å². The van der Waals surface area contributed by atoms with Crippen LogP contribution in [0.5, 0.6) is 0 Å². The van der Waals surface area contributed by atoms with E-state index in [1.54, 1.807) is 6.20 Å². The number of imidazole rings is 1. The number of pyridine rings is 1. The van der Waals surface area contributed by atoms with Gasteiger partial charge in [-0.3, -0.25) is 0 Å². The number of nitrogens with zero attached hydrogens (tertiary/aromatic N) is 3. The zero-order valence-corrected chi connectivity index (χ0v) is 8.28. The van der Waals surface area contributed by atoms with Crippen molar-refractivity contribution in [2.45, 2.75) is 6.54 Å². The van der Waals surface area contributed by atoms with Crippen molar-refractivity contribution < 1.29 is 0 Å². The maximum absolute atomic E-state index is 5.57. The molecule has 0 atom stereocenters. The summed E-state index contributed by atoms with van der Waals surface area (Å²) in [6.07, 6.45) is 1.76. The Labute approximate surface area is 82.0 Å². The highest BCUT2D eigenvalue weighted by atomic mass is 15.1. The molecular formula is C9H13N5. The van der Waals surface area contributed by atoms with E-state index < -0.39 is 0 Å². The van der Waals surface area contributed by atoms with Crippen LogP contribution in [0.15, 0.2) is 12.3 Å². The van der Waals surface area contributed by atoms with Crippen LogP contribution in [-0.4, -0.2) is 21.6 Å². The van der Waals surface area contributed by atoms with Gasteiger partial charge in [-0.25, -0.2) is 9.97 Å². The van der Waals surface area contributed by atoms with Crippen molar-refractivity contribution in [3.05, 3.63) is 18.1 Å². The fourth-order valence-electron chi connectivity index (χ4n) is 1.51. The summed E-state index contributed by atoms with van der Waals surface area (Å²) in [5.41, 5.74) is 8.28. The van der Waals surface area contributed by atoms with E-state index in [9.17, 15) is 0 Å². The van der Waals surface area contributed by atoms with Crippen molar-refractivity contribution in [2.24, 2.45) is 12.8 Å². The summed E-state index contributed by atoms with van der Waals surface area (Å²) < 4.78 is 1.91. The summed E-state index contributed by atoms with van der Waals surface area (Å²) in [4.78, 5) is 8.68. The summed E-state index contributed by atoms with van der Waals surface area (Å²) in [7, 11) is 3.79. The minimum Gasteiger partial charge on any atom is -0.386 e. The summed E-state index contributed by atoms with van der Waals surface area (Å²) in [6.45, 7) is 0.427. The van der Waals surface area contributed by atoms with Crippen LogP contribution < -0.4 is 11.1 Å². The predicted molar refractivity (Wildman–Crippen MR) is 55.9 cm³/mol. The molecule has 0 unspecified atom stereocenters. The first-order chi connectivity index (χ1) is 6.77. The fourth-order valence-corrected chi connectivity index (χ4v) is 1.51. The smallest absolute Gasteiger partial charge is 0.161 e. The molecular weight excluding hydrogens is 178 g/mol. The third-order valence-electron chi connectivity index (χ3n) is 2.30. The Morgan fingerprint density at radius 2 is 2.36 bits per heavy atom. The van der Waals surface area contributed by atoms with E-state index in [0.29, 0.717) is 6.54 Å². The maximum Gasteiger partial charge on any atom is 0.161 e. The molecule has 2 rings (SSSR count). The van der Waals surface area contributed by atoms with Crippen LogP contribution in [-0.2, 0) is 13.6 Å². The van der Waals surface area contributed by atoms with E-state index >= 15 is 0 Å². The van der Waals surface area contributed by atoms with Crippen LogP contribution in [0, 0.1) is 0 Å². The van der Waals surface area contributed by atoms with Crippen LogP contribution in [0.4, 0.5) is 5.69 Å². The minimum atomic E-state index is 0.427. The quantitative estimate of drug-likeness (QED) is 0.724. The van der Waals surface area contributed by atoms with Crippen molar-refractivity contribution in [1.82, 2.24) is 14.5 Å². The minimum absolute atomic E-state index is 0.427. The zero-order chi connectivity index (χ0) is 10.1. The van der Waals surface area contributed by atoms with E-state index in [-0.39, 0.29) is 0 Å². The molecule has 0 aliphatic carbocycles. The molecule has 5 heteroatoms. The lowest BCUT2D eigenvalue weighted by molar-refractivity contribution is 0.806. The van der Waals surface area contributed by atoms with Gasteiger partial charge in [-0.05, 0) is 6.07 Å². The average Bonchev–Trinajstić information content (AvgIpc) is 2.55. The summed E-state index contributed by atoms with van der Waals surface area (Å²) >= 11 is 0. The van der Waals surface area contributed by atoms with Crippen LogP contribution in [0.1, 0.15) is 5.82 Å². The highest BCUT2D eigenvalue weighted by Crippen LogP contribution is 2.20. The highest BCUT2D eigenvalue weighted by Gasteiger charge is 2.09. The van der Waals surface area contributed by atoms with Gasteiger partial charge in [0.25, 0.3) is 0 Å². The van der Waals surface area contributed by atoms with Crippen LogP contribution >= 0.6 is 0 Å². The normalized spacial score (nSPS) is 10.8. The van der Waals surface area contributed by atoms with Crippen molar-refractivity contribution in [3.63, 3.8) is 0 Å². The third-order valence-corrected chi connectivity index (χ3v) is 2.30. The van der Waals surface area contributed by atoms with Gasteiger partial charge in [-0.1, -0.05) is 0 Å². The van der Waals surface area contributed by atoms with Crippen LogP contribution in [0.25, 0.3) is 11.2 Å².